The lowest BCUT2D eigenvalue weighted by atomic mass is 9.68. The maximum absolute atomic E-state index is 13.8. The highest BCUT2D eigenvalue weighted by molar-refractivity contribution is 5.92. The van der Waals surface area contributed by atoms with Crippen LogP contribution in [0.2, 0.25) is 0 Å². The molecule has 3 atom stereocenters. The number of fused-ring (bicyclic) bond motifs is 2. The first kappa shape index (κ1) is 22.5. The summed E-state index contributed by atoms with van der Waals surface area (Å²) in [6, 6.07) is 22.5. The smallest absolute Gasteiger partial charge is 0.343 e. The maximum atomic E-state index is 13.8. The molecule has 0 spiro atoms. The van der Waals surface area contributed by atoms with Gasteiger partial charge in [0.2, 0.25) is 0 Å². The number of esters is 1. The van der Waals surface area contributed by atoms with Gasteiger partial charge < -0.3 is 9.47 Å². The van der Waals surface area contributed by atoms with Crippen molar-refractivity contribution >= 4 is 16.7 Å². The minimum absolute atomic E-state index is 0.0899. The summed E-state index contributed by atoms with van der Waals surface area (Å²) in [4.78, 5) is 13.8. The van der Waals surface area contributed by atoms with E-state index in [4.69, 9.17) is 9.47 Å². The van der Waals surface area contributed by atoms with Gasteiger partial charge in [-0.2, -0.15) is 0 Å². The summed E-state index contributed by atoms with van der Waals surface area (Å²) in [6.45, 7) is 6.32. The Morgan fingerprint density at radius 3 is 2.56 bits per heavy atom. The van der Waals surface area contributed by atoms with Crippen molar-refractivity contribution in [3.05, 3.63) is 83.4 Å². The Labute approximate surface area is 191 Å². The molecule has 0 N–H and O–H groups in total. The molecule has 0 radical (unpaired) electrons. The van der Waals surface area contributed by atoms with Crippen molar-refractivity contribution in [1.29, 1.82) is 0 Å². The summed E-state index contributed by atoms with van der Waals surface area (Å²) in [5, 5.41) is 2.09. The predicted octanol–water partition coefficient (Wildman–Crippen LogP) is 7.13. The number of carbonyl (C=O) groups excluding carboxylic acids is 1. The topological polar surface area (TPSA) is 35.5 Å². The molecule has 3 aromatic rings. The van der Waals surface area contributed by atoms with Crippen molar-refractivity contribution < 1.29 is 14.3 Å². The molecule has 0 unspecified atom stereocenters. The third-order valence-corrected chi connectivity index (χ3v) is 7.36. The predicted molar refractivity (Wildman–Crippen MR) is 130 cm³/mol. The van der Waals surface area contributed by atoms with Crippen LogP contribution in [0.4, 0.5) is 0 Å². The van der Waals surface area contributed by atoms with Crippen molar-refractivity contribution in [2.24, 2.45) is 5.41 Å². The first-order chi connectivity index (χ1) is 15.4. The van der Waals surface area contributed by atoms with Gasteiger partial charge in [0.05, 0.1) is 0 Å². The summed E-state index contributed by atoms with van der Waals surface area (Å²) in [5.41, 5.74) is 1.97. The van der Waals surface area contributed by atoms with E-state index in [0.29, 0.717) is 0 Å². The van der Waals surface area contributed by atoms with Crippen molar-refractivity contribution in [1.82, 2.24) is 0 Å². The highest BCUT2D eigenvalue weighted by Crippen LogP contribution is 2.50. The van der Waals surface area contributed by atoms with Crippen molar-refractivity contribution in [2.45, 2.75) is 64.6 Å². The zero-order valence-corrected chi connectivity index (χ0v) is 19.7. The average Bonchev–Trinajstić information content (AvgIpc) is 2.83. The normalized spacial score (nSPS) is 22.2. The molecule has 3 nitrogen and oxygen atoms in total. The Bertz CT molecular complexity index is 1100. The quantitative estimate of drug-likeness (QED) is 0.374. The molecule has 3 aromatic carbocycles. The SMILES string of the molecule is CCCC[C@]1(C)CCc2ccccc2[C@@H]1OC(=O)[C@@](C)(OC)c1cccc2ccccc12. The van der Waals surface area contributed by atoms with Crippen LogP contribution < -0.4 is 0 Å². The van der Waals surface area contributed by atoms with Gasteiger partial charge in [0.15, 0.2) is 5.60 Å². The highest BCUT2D eigenvalue weighted by Gasteiger charge is 2.46. The van der Waals surface area contributed by atoms with Crippen molar-refractivity contribution in [3.8, 4) is 0 Å². The maximum Gasteiger partial charge on any atom is 0.343 e. The molecule has 1 aliphatic rings. The van der Waals surface area contributed by atoms with E-state index in [2.05, 4.69) is 44.2 Å². The van der Waals surface area contributed by atoms with Gasteiger partial charge in [-0.1, -0.05) is 93.4 Å². The van der Waals surface area contributed by atoms with Crippen LogP contribution >= 0.6 is 0 Å². The minimum Gasteiger partial charge on any atom is -0.455 e. The van der Waals surface area contributed by atoms with E-state index in [9.17, 15) is 4.79 Å². The van der Waals surface area contributed by atoms with Gasteiger partial charge >= 0.3 is 5.97 Å². The van der Waals surface area contributed by atoms with Gasteiger partial charge in [-0.3, -0.25) is 0 Å². The van der Waals surface area contributed by atoms with E-state index < -0.39 is 5.60 Å². The lowest BCUT2D eigenvalue weighted by Gasteiger charge is -2.43. The Kier molecular flexibility index (Phi) is 6.39. The molecule has 168 valence electrons. The molecule has 0 aromatic heterocycles. The molecule has 0 aliphatic heterocycles. The van der Waals surface area contributed by atoms with Crippen LogP contribution in [0.3, 0.4) is 0 Å². The molecule has 3 heteroatoms. The van der Waals surface area contributed by atoms with Crippen LogP contribution in [-0.4, -0.2) is 13.1 Å². The number of hydrogen-bond acceptors (Lipinski definition) is 3. The van der Waals surface area contributed by atoms with Gasteiger partial charge in [0, 0.05) is 18.1 Å². The summed E-state index contributed by atoms with van der Waals surface area (Å²) in [5.74, 6) is -0.333. The van der Waals surface area contributed by atoms with Gasteiger partial charge in [0.25, 0.3) is 0 Å². The lowest BCUT2D eigenvalue weighted by Crippen LogP contribution is -2.41. The number of benzene rings is 3. The van der Waals surface area contributed by atoms with Gasteiger partial charge in [0.1, 0.15) is 6.10 Å². The lowest BCUT2D eigenvalue weighted by molar-refractivity contribution is -0.183. The second-order valence-electron chi connectivity index (χ2n) is 9.51. The van der Waals surface area contributed by atoms with Crippen LogP contribution in [0.1, 0.15) is 69.2 Å². The summed E-state index contributed by atoms with van der Waals surface area (Å²) < 4.78 is 12.3. The van der Waals surface area contributed by atoms with Gasteiger partial charge in [-0.25, -0.2) is 4.79 Å². The Morgan fingerprint density at radius 2 is 1.78 bits per heavy atom. The molecule has 32 heavy (non-hydrogen) atoms. The number of ether oxygens (including phenoxy) is 2. The number of aryl methyl sites for hydroxylation is 1. The summed E-state index contributed by atoms with van der Waals surface area (Å²) >= 11 is 0. The van der Waals surface area contributed by atoms with Crippen molar-refractivity contribution in [3.63, 3.8) is 0 Å². The van der Waals surface area contributed by atoms with E-state index in [1.165, 1.54) is 5.56 Å². The van der Waals surface area contributed by atoms with E-state index in [-0.39, 0.29) is 17.5 Å². The second-order valence-corrected chi connectivity index (χ2v) is 9.51. The Morgan fingerprint density at radius 1 is 1.06 bits per heavy atom. The minimum atomic E-state index is -1.20. The molecule has 0 fully saturated rings. The largest absolute Gasteiger partial charge is 0.455 e. The molecular formula is C29H34O3. The monoisotopic (exact) mass is 430 g/mol. The number of unbranched alkanes of at least 4 members (excludes halogenated alkanes) is 1. The van der Waals surface area contributed by atoms with Gasteiger partial charge in [-0.05, 0) is 48.1 Å². The average molecular weight is 431 g/mol. The van der Waals surface area contributed by atoms with Crippen LogP contribution in [0.25, 0.3) is 10.8 Å². The third-order valence-electron chi connectivity index (χ3n) is 7.36. The molecule has 0 bridgehead atoms. The summed E-state index contributed by atoms with van der Waals surface area (Å²) in [6.07, 6.45) is 5.04. The van der Waals surface area contributed by atoms with Crippen LogP contribution in [0.5, 0.6) is 0 Å². The van der Waals surface area contributed by atoms with Crippen LogP contribution in [0.15, 0.2) is 66.7 Å². The molecule has 0 saturated heterocycles. The first-order valence-electron chi connectivity index (χ1n) is 11.8. The first-order valence-corrected chi connectivity index (χ1v) is 11.8. The second kappa shape index (κ2) is 9.07. The van der Waals surface area contributed by atoms with E-state index in [0.717, 1.165) is 54.0 Å². The number of methoxy groups -OCH3 is 1. The number of carbonyl (C=O) groups is 1. The number of rotatable bonds is 7. The fourth-order valence-electron chi connectivity index (χ4n) is 5.15. The van der Waals surface area contributed by atoms with E-state index >= 15 is 0 Å². The Balaban J connectivity index is 1.74. The molecule has 0 amide bonds. The van der Waals surface area contributed by atoms with Crippen LogP contribution in [-0.2, 0) is 26.3 Å². The highest BCUT2D eigenvalue weighted by atomic mass is 16.6. The zero-order valence-electron chi connectivity index (χ0n) is 19.7. The Hall–Kier alpha value is -2.65. The summed E-state index contributed by atoms with van der Waals surface area (Å²) in [7, 11) is 1.59. The molecular weight excluding hydrogens is 396 g/mol. The standard InChI is InChI=1S/C29H34O3/c1-5-6-19-28(2)20-18-22-13-8-10-16-24(22)26(28)32-27(30)29(3,31-4)25-17-11-14-21-12-7-9-15-23(21)25/h7-17,26H,5-6,18-20H2,1-4H3/t26-,28+,29-/m0/s1. The molecule has 0 heterocycles. The third kappa shape index (κ3) is 3.95. The van der Waals surface area contributed by atoms with Gasteiger partial charge in [-0.15, -0.1) is 0 Å². The van der Waals surface area contributed by atoms with Crippen molar-refractivity contribution in [2.75, 3.05) is 7.11 Å². The fourth-order valence-corrected chi connectivity index (χ4v) is 5.15. The zero-order chi connectivity index (χ0) is 22.8. The van der Waals surface area contributed by atoms with E-state index in [1.54, 1.807) is 7.11 Å². The fraction of sp³-hybridized carbons (Fsp3) is 0.414. The van der Waals surface area contributed by atoms with E-state index in [1.807, 2.05) is 43.3 Å². The van der Waals surface area contributed by atoms with Crippen LogP contribution in [0, 0.1) is 5.41 Å². The number of hydrogen-bond donors (Lipinski definition) is 0. The molecule has 4 rings (SSSR count). The molecule has 0 saturated carbocycles. The molecule has 1 aliphatic carbocycles.